The minimum absolute atomic E-state index is 0.0548. The van der Waals surface area contributed by atoms with Crippen LogP contribution >= 0.6 is 22.9 Å². The molecule has 2 fully saturated rings. The highest BCUT2D eigenvalue weighted by Gasteiger charge is 2.32. The number of nitrogens with zero attached hydrogens (tertiary/aromatic N) is 2. The van der Waals surface area contributed by atoms with Crippen LogP contribution in [0.5, 0.6) is 0 Å². The first kappa shape index (κ1) is 26.6. The van der Waals surface area contributed by atoms with E-state index in [2.05, 4.69) is 19.9 Å². The molecule has 0 bridgehead atoms. The topological polar surface area (TPSA) is 108 Å². The van der Waals surface area contributed by atoms with Gasteiger partial charge in [-0.2, -0.15) is 4.40 Å². The SMILES string of the molecule is CS(=O)(=O)N=C(C1CCC(NC(=O)C(NC(=O)c2ccc(Cl)s2)c2ccccc2)CC1)N1CCCC1. The fraction of sp³-hybridized carbons (Fsp3) is 0.480. The second-order valence-corrected chi connectivity index (χ2v) is 12.7. The van der Waals surface area contributed by atoms with Crippen molar-refractivity contribution >= 4 is 50.6 Å². The first-order valence-corrected chi connectivity index (χ1v) is 15.2. The number of hydrogen-bond acceptors (Lipinski definition) is 5. The molecule has 1 saturated heterocycles. The number of amidine groups is 1. The number of likely N-dealkylation sites (tertiary alicyclic amines) is 1. The van der Waals surface area contributed by atoms with E-state index in [4.69, 9.17) is 11.6 Å². The maximum absolute atomic E-state index is 13.3. The summed E-state index contributed by atoms with van der Waals surface area (Å²) in [5.41, 5.74) is 0.691. The zero-order chi connectivity index (χ0) is 25.7. The van der Waals surface area contributed by atoms with Crippen molar-refractivity contribution in [2.45, 2.75) is 50.6 Å². The predicted molar refractivity (Wildman–Crippen MR) is 143 cm³/mol. The lowest BCUT2D eigenvalue weighted by molar-refractivity contribution is -0.124. The Labute approximate surface area is 221 Å². The highest BCUT2D eigenvalue weighted by molar-refractivity contribution is 7.89. The van der Waals surface area contributed by atoms with E-state index in [0.29, 0.717) is 33.5 Å². The molecule has 1 aromatic carbocycles. The molecule has 2 aromatic rings. The zero-order valence-corrected chi connectivity index (χ0v) is 22.5. The van der Waals surface area contributed by atoms with Gasteiger partial charge in [0.2, 0.25) is 5.91 Å². The Kier molecular flexibility index (Phi) is 8.69. The third-order valence-corrected chi connectivity index (χ3v) is 8.34. The summed E-state index contributed by atoms with van der Waals surface area (Å²) in [5, 5.41) is 5.96. The van der Waals surface area contributed by atoms with Gasteiger partial charge in [0.15, 0.2) is 0 Å². The van der Waals surface area contributed by atoms with Crippen molar-refractivity contribution in [2.75, 3.05) is 19.3 Å². The summed E-state index contributed by atoms with van der Waals surface area (Å²) in [7, 11) is -3.49. The van der Waals surface area contributed by atoms with E-state index < -0.39 is 16.1 Å². The summed E-state index contributed by atoms with van der Waals surface area (Å²) >= 11 is 7.14. The molecule has 1 unspecified atom stereocenters. The monoisotopic (exact) mass is 550 g/mol. The van der Waals surface area contributed by atoms with Crippen molar-refractivity contribution in [1.82, 2.24) is 15.5 Å². The Balaban J connectivity index is 1.42. The number of thiophene rings is 1. The van der Waals surface area contributed by atoms with Gasteiger partial charge < -0.3 is 15.5 Å². The number of nitrogens with one attached hydrogen (secondary N) is 2. The van der Waals surface area contributed by atoms with Gasteiger partial charge in [0.25, 0.3) is 15.9 Å². The van der Waals surface area contributed by atoms with Crippen LogP contribution < -0.4 is 10.6 Å². The van der Waals surface area contributed by atoms with Gasteiger partial charge in [-0.1, -0.05) is 41.9 Å². The van der Waals surface area contributed by atoms with E-state index in [9.17, 15) is 18.0 Å². The molecular formula is C25H31ClN4O4S2. The van der Waals surface area contributed by atoms with Crippen molar-refractivity contribution < 1.29 is 18.0 Å². The molecule has 2 N–H and O–H groups in total. The fourth-order valence-electron chi connectivity index (χ4n) is 4.87. The van der Waals surface area contributed by atoms with Crippen LogP contribution in [0, 0.1) is 5.92 Å². The normalized spacial score (nSPS) is 21.7. The second-order valence-electron chi connectivity index (χ2n) is 9.35. The summed E-state index contributed by atoms with van der Waals surface area (Å²) in [6.07, 6.45) is 6.12. The van der Waals surface area contributed by atoms with Gasteiger partial charge >= 0.3 is 0 Å². The average Bonchev–Trinajstić information content (AvgIpc) is 3.54. The number of carbonyl (C=O) groups is 2. The zero-order valence-electron chi connectivity index (χ0n) is 20.2. The number of amides is 2. The van der Waals surface area contributed by atoms with Gasteiger partial charge in [0.1, 0.15) is 11.9 Å². The third-order valence-electron chi connectivity index (χ3n) is 6.60. The molecule has 8 nitrogen and oxygen atoms in total. The van der Waals surface area contributed by atoms with Crippen molar-refractivity contribution in [1.29, 1.82) is 0 Å². The Bertz CT molecular complexity index is 1200. The summed E-state index contributed by atoms with van der Waals surface area (Å²) in [5.74, 6) is 0.0973. The fourth-order valence-corrected chi connectivity index (χ4v) is 6.42. The molecule has 11 heteroatoms. The van der Waals surface area contributed by atoms with E-state index in [1.807, 2.05) is 30.3 Å². The molecule has 1 aliphatic heterocycles. The van der Waals surface area contributed by atoms with Gasteiger partial charge in [-0.15, -0.1) is 11.3 Å². The van der Waals surface area contributed by atoms with Crippen molar-refractivity contribution in [3.8, 4) is 0 Å². The Morgan fingerprint density at radius 2 is 1.72 bits per heavy atom. The van der Waals surface area contributed by atoms with Gasteiger partial charge in [-0.05, 0) is 56.2 Å². The van der Waals surface area contributed by atoms with E-state index >= 15 is 0 Å². The van der Waals surface area contributed by atoms with Gasteiger partial charge in [0, 0.05) is 25.0 Å². The molecule has 0 radical (unpaired) electrons. The molecule has 2 amide bonds. The van der Waals surface area contributed by atoms with Crippen LogP contribution in [0.2, 0.25) is 4.34 Å². The van der Waals surface area contributed by atoms with Crippen LogP contribution in [0.3, 0.4) is 0 Å². The van der Waals surface area contributed by atoms with Gasteiger partial charge in [-0.25, -0.2) is 8.42 Å². The van der Waals surface area contributed by atoms with Crippen LogP contribution in [-0.4, -0.2) is 56.4 Å². The molecule has 2 heterocycles. The van der Waals surface area contributed by atoms with Crippen LogP contribution in [0.15, 0.2) is 46.9 Å². The highest BCUT2D eigenvalue weighted by atomic mass is 35.5. The number of halogens is 1. The maximum Gasteiger partial charge on any atom is 0.262 e. The van der Waals surface area contributed by atoms with E-state index in [1.54, 1.807) is 12.1 Å². The lowest BCUT2D eigenvalue weighted by Crippen LogP contribution is -2.46. The summed E-state index contributed by atoms with van der Waals surface area (Å²) < 4.78 is 28.5. The molecule has 0 spiro atoms. The Hall–Kier alpha value is -2.43. The Morgan fingerprint density at radius 3 is 2.31 bits per heavy atom. The van der Waals surface area contributed by atoms with Crippen LogP contribution in [0.4, 0.5) is 0 Å². The molecule has 36 heavy (non-hydrogen) atoms. The lowest BCUT2D eigenvalue weighted by Gasteiger charge is -2.34. The van der Waals surface area contributed by atoms with Crippen molar-refractivity contribution in [3.05, 3.63) is 57.2 Å². The van der Waals surface area contributed by atoms with Crippen molar-refractivity contribution in [2.24, 2.45) is 10.3 Å². The first-order chi connectivity index (χ1) is 17.2. The van der Waals surface area contributed by atoms with E-state index in [-0.39, 0.29) is 23.8 Å². The number of rotatable bonds is 7. The van der Waals surface area contributed by atoms with E-state index in [1.165, 1.54) is 0 Å². The minimum Gasteiger partial charge on any atom is -0.359 e. The quantitative estimate of drug-likeness (QED) is 0.400. The molecule has 1 atom stereocenters. The molecule has 1 saturated carbocycles. The number of benzene rings is 1. The third kappa shape index (κ3) is 7.08. The smallest absolute Gasteiger partial charge is 0.262 e. The molecule has 1 aromatic heterocycles. The highest BCUT2D eigenvalue weighted by Crippen LogP contribution is 2.29. The molecule has 1 aliphatic carbocycles. The van der Waals surface area contributed by atoms with E-state index in [0.717, 1.165) is 56.4 Å². The molecule has 194 valence electrons. The number of hydrogen-bond donors (Lipinski definition) is 2. The second kappa shape index (κ2) is 11.7. The minimum atomic E-state index is -3.49. The van der Waals surface area contributed by atoms with Crippen molar-refractivity contribution in [3.63, 3.8) is 0 Å². The number of carbonyl (C=O) groups excluding carboxylic acids is 2. The summed E-state index contributed by atoms with van der Waals surface area (Å²) in [6, 6.07) is 11.5. The van der Waals surface area contributed by atoms with Crippen LogP contribution in [0.1, 0.15) is 59.8 Å². The Morgan fingerprint density at radius 1 is 1.06 bits per heavy atom. The summed E-state index contributed by atoms with van der Waals surface area (Å²) in [4.78, 5) is 28.7. The van der Waals surface area contributed by atoms with Crippen LogP contribution in [-0.2, 0) is 14.8 Å². The maximum atomic E-state index is 13.3. The first-order valence-electron chi connectivity index (χ1n) is 12.2. The predicted octanol–water partition coefficient (Wildman–Crippen LogP) is 4.00. The standard InChI is InChI=1S/C25H31ClN4O4S2/c1-36(33,34)29-23(30-15-5-6-16-30)18-9-11-19(12-10-18)27-25(32)22(17-7-3-2-4-8-17)28-24(31)20-13-14-21(26)35-20/h2-4,7-8,13-14,18-19,22H,5-6,9-12,15-16H2,1H3,(H,27,32)(H,28,31). The van der Waals surface area contributed by atoms with Crippen LogP contribution in [0.25, 0.3) is 0 Å². The lowest BCUT2D eigenvalue weighted by atomic mass is 9.84. The van der Waals surface area contributed by atoms with Gasteiger partial charge in [-0.3, -0.25) is 9.59 Å². The summed E-state index contributed by atoms with van der Waals surface area (Å²) in [6.45, 7) is 1.66. The van der Waals surface area contributed by atoms with Gasteiger partial charge in [0.05, 0.1) is 15.5 Å². The number of sulfonamides is 1. The molecular weight excluding hydrogens is 520 g/mol. The molecule has 2 aliphatic rings. The average molecular weight is 551 g/mol. The molecule has 4 rings (SSSR count). The largest absolute Gasteiger partial charge is 0.359 e.